The average molecular weight is 423 g/mol. The molecule has 0 radical (unpaired) electrons. The van der Waals surface area contributed by atoms with Crippen LogP contribution in [0.1, 0.15) is 95.4 Å². The van der Waals surface area contributed by atoms with Crippen molar-refractivity contribution in [1.29, 1.82) is 0 Å². The van der Waals surface area contributed by atoms with Crippen LogP contribution in [0.5, 0.6) is 0 Å². The van der Waals surface area contributed by atoms with Crippen LogP contribution in [0.4, 0.5) is 0 Å². The van der Waals surface area contributed by atoms with Gasteiger partial charge in [-0.05, 0) is 51.4 Å². The third-order valence-corrected chi connectivity index (χ3v) is 6.57. The Balaban J connectivity index is 5.45. The molecule has 1 unspecified atom stereocenters. The minimum Gasteiger partial charge on any atom is -0.368 e. The Bertz CT molecular complexity index is 582. The quantitative estimate of drug-likeness (QED) is 0.427. The van der Waals surface area contributed by atoms with Crippen LogP contribution >= 0.6 is 7.82 Å². The van der Waals surface area contributed by atoms with Gasteiger partial charge >= 0.3 is 7.82 Å². The van der Waals surface area contributed by atoms with E-state index in [0.717, 1.165) is 12.8 Å². The summed E-state index contributed by atoms with van der Waals surface area (Å²) in [6.07, 6.45) is 1.85. The fourth-order valence-electron chi connectivity index (χ4n) is 3.73. The molecule has 0 aromatic carbocycles. The molecular formula is C21H43O6P. The molecule has 0 aliphatic rings. The molecule has 7 heteroatoms. The van der Waals surface area contributed by atoms with Gasteiger partial charge in [0.25, 0.3) is 0 Å². The molecule has 0 aliphatic carbocycles. The van der Waals surface area contributed by atoms with Gasteiger partial charge < -0.3 is 14.5 Å². The standard InChI is InChI=1S/C21H43O6P/c1-12-18(5,6)21(11,15-17(2,3)4)16(22)20(9,10)26-14-13-19(7,8)27-28(23,24)25/h12-15H2,1-11H3,(H2,23,24,25). The molecule has 0 aliphatic heterocycles. The van der Waals surface area contributed by atoms with Crippen molar-refractivity contribution >= 4 is 13.6 Å². The molecule has 0 aromatic heterocycles. The molecule has 0 aromatic rings. The van der Waals surface area contributed by atoms with E-state index in [1.165, 1.54) is 0 Å². The number of carbonyl (C=O) groups excluding carboxylic acids is 1. The lowest BCUT2D eigenvalue weighted by Crippen LogP contribution is -2.53. The van der Waals surface area contributed by atoms with Gasteiger partial charge in [-0.2, -0.15) is 0 Å². The van der Waals surface area contributed by atoms with Crippen molar-refractivity contribution in [2.45, 2.75) is 107 Å². The minimum atomic E-state index is -4.59. The second kappa shape index (κ2) is 8.85. The first-order chi connectivity index (χ1) is 12.1. The maximum absolute atomic E-state index is 13.7. The Morgan fingerprint density at radius 1 is 0.929 bits per heavy atom. The van der Waals surface area contributed by atoms with Gasteiger partial charge in [0.1, 0.15) is 5.60 Å². The first-order valence-electron chi connectivity index (χ1n) is 10.0. The lowest BCUT2D eigenvalue weighted by Gasteiger charge is -2.49. The van der Waals surface area contributed by atoms with Gasteiger partial charge in [-0.15, -0.1) is 0 Å². The van der Waals surface area contributed by atoms with Gasteiger partial charge in [-0.25, -0.2) is 4.57 Å². The van der Waals surface area contributed by atoms with E-state index >= 15 is 0 Å². The highest BCUT2D eigenvalue weighted by Crippen LogP contribution is 2.51. The topological polar surface area (TPSA) is 93.1 Å². The van der Waals surface area contributed by atoms with Crippen molar-refractivity contribution in [2.75, 3.05) is 6.61 Å². The van der Waals surface area contributed by atoms with Gasteiger partial charge in [0.2, 0.25) is 0 Å². The van der Waals surface area contributed by atoms with Crippen LogP contribution in [0.15, 0.2) is 0 Å². The molecule has 0 spiro atoms. The number of hydrogen-bond donors (Lipinski definition) is 2. The Labute approximate surface area is 172 Å². The molecule has 0 bridgehead atoms. The zero-order valence-electron chi connectivity index (χ0n) is 19.8. The third-order valence-electron chi connectivity index (χ3n) is 5.84. The smallest absolute Gasteiger partial charge is 0.368 e. The minimum absolute atomic E-state index is 0.0217. The normalized spacial score (nSPS) is 16.8. The summed E-state index contributed by atoms with van der Waals surface area (Å²) >= 11 is 0. The highest BCUT2D eigenvalue weighted by atomic mass is 31.2. The molecule has 6 nitrogen and oxygen atoms in total. The first kappa shape index (κ1) is 27.7. The first-order valence-corrected chi connectivity index (χ1v) is 11.6. The van der Waals surface area contributed by atoms with Crippen LogP contribution in [0.3, 0.4) is 0 Å². The van der Waals surface area contributed by atoms with Crippen LogP contribution in [-0.2, 0) is 18.6 Å². The number of phosphoric acid groups is 1. The predicted octanol–water partition coefficient (Wildman–Crippen LogP) is 5.51. The largest absolute Gasteiger partial charge is 0.470 e. The molecule has 0 saturated carbocycles. The van der Waals surface area contributed by atoms with Gasteiger partial charge in [0.05, 0.1) is 12.2 Å². The molecule has 2 N–H and O–H groups in total. The Morgan fingerprint density at radius 2 is 1.39 bits per heavy atom. The highest BCUT2D eigenvalue weighted by molar-refractivity contribution is 7.46. The SMILES string of the molecule is CCC(C)(C)C(C)(CC(C)(C)C)C(=O)C(C)(C)OCCC(C)(C)OP(=O)(O)O. The molecule has 0 saturated heterocycles. The van der Waals surface area contributed by atoms with Crippen molar-refractivity contribution in [3.63, 3.8) is 0 Å². The highest BCUT2D eigenvalue weighted by Gasteiger charge is 2.52. The number of carbonyl (C=O) groups is 1. The summed E-state index contributed by atoms with van der Waals surface area (Å²) < 4.78 is 21.9. The third kappa shape index (κ3) is 8.23. The van der Waals surface area contributed by atoms with E-state index in [0.29, 0.717) is 0 Å². The van der Waals surface area contributed by atoms with E-state index in [2.05, 4.69) is 41.5 Å². The molecule has 0 rings (SSSR count). The van der Waals surface area contributed by atoms with Crippen molar-refractivity contribution in [3.8, 4) is 0 Å². The molecule has 0 amide bonds. The van der Waals surface area contributed by atoms with Gasteiger partial charge in [0.15, 0.2) is 5.78 Å². The van der Waals surface area contributed by atoms with E-state index in [-0.39, 0.29) is 29.6 Å². The van der Waals surface area contributed by atoms with Crippen molar-refractivity contribution in [1.82, 2.24) is 0 Å². The van der Waals surface area contributed by atoms with Crippen molar-refractivity contribution in [3.05, 3.63) is 0 Å². The van der Waals surface area contributed by atoms with E-state index in [4.69, 9.17) is 19.0 Å². The van der Waals surface area contributed by atoms with Gasteiger partial charge in [0, 0.05) is 5.41 Å². The zero-order chi connectivity index (χ0) is 22.8. The maximum Gasteiger partial charge on any atom is 0.470 e. The summed E-state index contributed by atoms with van der Waals surface area (Å²) in [5, 5.41) is 0. The fraction of sp³-hybridized carbons (Fsp3) is 0.952. The number of phosphoric ester groups is 1. The monoisotopic (exact) mass is 422 g/mol. The van der Waals surface area contributed by atoms with Crippen LogP contribution in [0, 0.1) is 16.2 Å². The molecule has 1 atom stereocenters. The van der Waals surface area contributed by atoms with Crippen molar-refractivity contribution < 1.29 is 28.4 Å². The van der Waals surface area contributed by atoms with Crippen LogP contribution < -0.4 is 0 Å². The van der Waals surface area contributed by atoms with E-state index in [1.54, 1.807) is 27.7 Å². The second-order valence-corrected chi connectivity index (χ2v) is 12.3. The summed E-state index contributed by atoms with van der Waals surface area (Å²) in [5.74, 6) is 0.0514. The summed E-state index contributed by atoms with van der Waals surface area (Å²) in [7, 11) is -4.59. The van der Waals surface area contributed by atoms with E-state index < -0.39 is 24.4 Å². The summed E-state index contributed by atoms with van der Waals surface area (Å²) in [4.78, 5) is 31.7. The Kier molecular flexibility index (Phi) is 8.77. The number of rotatable bonds is 11. The van der Waals surface area contributed by atoms with Gasteiger partial charge in [-0.1, -0.05) is 54.9 Å². The fourth-order valence-corrected chi connectivity index (χ4v) is 4.46. The number of ether oxygens (including phenoxy) is 1. The average Bonchev–Trinajstić information content (AvgIpc) is 2.41. The van der Waals surface area contributed by atoms with Gasteiger partial charge in [-0.3, -0.25) is 9.32 Å². The summed E-state index contributed by atoms with van der Waals surface area (Å²) in [5.41, 5.74) is -2.89. The Hall–Kier alpha value is -0.260. The molecule has 0 heterocycles. The Morgan fingerprint density at radius 3 is 1.75 bits per heavy atom. The molecule has 28 heavy (non-hydrogen) atoms. The predicted molar refractivity (Wildman–Crippen MR) is 113 cm³/mol. The van der Waals surface area contributed by atoms with Crippen LogP contribution in [0.2, 0.25) is 0 Å². The zero-order valence-corrected chi connectivity index (χ0v) is 20.7. The van der Waals surface area contributed by atoms with E-state index in [1.807, 2.05) is 6.92 Å². The van der Waals surface area contributed by atoms with Crippen LogP contribution in [0.25, 0.3) is 0 Å². The lowest BCUT2D eigenvalue weighted by molar-refractivity contribution is -0.161. The summed E-state index contributed by atoms with van der Waals surface area (Å²) in [6.45, 7) is 21.7. The number of hydrogen-bond acceptors (Lipinski definition) is 4. The second-order valence-electron chi connectivity index (χ2n) is 11.1. The lowest BCUT2D eigenvalue weighted by atomic mass is 9.55. The maximum atomic E-state index is 13.7. The van der Waals surface area contributed by atoms with Crippen molar-refractivity contribution in [2.24, 2.45) is 16.2 Å². The van der Waals surface area contributed by atoms with E-state index in [9.17, 15) is 9.36 Å². The number of ketones is 1. The van der Waals surface area contributed by atoms with Crippen LogP contribution in [-0.4, -0.2) is 33.4 Å². The number of Topliss-reactive ketones (excluding diaryl/α,β-unsaturated/α-hetero) is 1. The summed E-state index contributed by atoms with van der Waals surface area (Å²) in [6, 6.07) is 0. The molecular weight excluding hydrogens is 379 g/mol. The molecule has 168 valence electrons. The molecule has 0 fully saturated rings.